The van der Waals surface area contributed by atoms with Crippen LogP contribution in [0.15, 0.2) is 78.0 Å². The maximum absolute atomic E-state index is 14.3. The van der Waals surface area contributed by atoms with Gasteiger partial charge in [0.2, 0.25) is 11.8 Å². The first-order chi connectivity index (χ1) is 24.2. The van der Waals surface area contributed by atoms with Gasteiger partial charge in [0.15, 0.2) is 11.5 Å². The lowest BCUT2D eigenvalue weighted by Crippen LogP contribution is -2.48. The summed E-state index contributed by atoms with van der Waals surface area (Å²) in [5, 5.41) is 21.4. The predicted octanol–water partition coefficient (Wildman–Crippen LogP) is 6.20. The second-order valence-corrected chi connectivity index (χ2v) is 15.2. The first-order valence-corrected chi connectivity index (χ1v) is 18.6. The van der Waals surface area contributed by atoms with Gasteiger partial charge in [0, 0.05) is 31.9 Å². The van der Waals surface area contributed by atoms with Crippen molar-refractivity contribution >= 4 is 53.2 Å². The number of ether oxygens (including phenoxy) is 1. The maximum Gasteiger partial charge on any atom is 0.455 e. The van der Waals surface area contributed by atoms with Gasteiger partial charge in [-0.2, -0.15) is 0 Å². The van der Waals surface area contributed by atoms with Gasteiger partial charge in [-0.1, -0.05) is 42.0 Å². The van der Waals surface area contributed by atoms with E-state index in [1.54, 1.807) is 17.2 Å². The molecular weight excluding hydrogens is 744 g/mol. The van der Waals surface area contributed by atoms with Crippen molar-refractivity contribution in [2.45, 2.75) is 64.0 Å². The van der Waals surface area contributed by atoms with Crippen LogP contribution in [0.25, 0.3) is 11.6 Å². The van der Waals surface area contributed by atoms with Crippen LogP contribution in [-0.2, 0) is 20.8 Å². The minimum Gasteiger partial charge on any atom is -0.504 e. The molecule has 3 aliphatic heterocycles. The Bertz CT molecular complexity index is 1800. The molecule has 1 aromatic heterocycles. The number of benzene rings is 2. The number of nitrogens with zero attached hydrogens (tertiary/aromatic N) is 3. The van der Waals surface area contributed by atoms with Crippen LogP contribution in [0.4, 0.5) is 0 Å². The lowest BCUT2D eigenvalue weighted by molar-refractivity contribution is -0.144. The maximum atomic E-state index is 14.3. The molecule has 11 heteroatoms. The van der Waals surface area contributed by atoms with E-state index >= 15 is 0 Å². The van der Waals surface area contributed by atoms with E-state index in [1.807, 2.05) is 36.4 Å². The van der Waals surface area contributed by atoms with Gasteiger partial charge in [-0.05, 0) is 126 Å². The molecule has 2 aromatic carbocycles. The van der Waals surface area contributed by atoms with Crippen molar-refractivity contribution in [3.8, 4) is 11.5 Å². The van der Waals surface area contributed by atoms with Crippen molar-refractivity contribution in [3.63, 3.8) is 0 Å². The van der Waals surface area contributed by atoms with Crippen LogP contribution >= 0.6 is 22.6 Å². The number of pyridine rings is 1. The molecule has 0 saturated carbocycles. The Kier molecular flexibility index (Phi) is 10.5. The van der Waals surface area contributed by atoms with Crippen molar-refractivity contribution in [2.75, 3.05) is 20.2 Å². The quantitative estimate of drug-likeness (QED) is 0.114. The highest BCUT2D eigenvalue weighted by molar-refractivity contribution is 14.1. The minimum atomic E-state index is -1.02. The van der Waals surface area contributed by atoms with E-state index in [0.717, 1.165) is 60.5 Å². The number of methoxy groups -OCH3 is 1. The van der Waals surface area contributed by atoms with Crippen LogP contribution in [0.2, 0.25) is 6.32 Å². The highest BCUT2D eigenvalue weighted by Gasteiger charge is 2.58. The number of aromatic hydroxyl groups is 1. The molecule has 0 unspecified atom stereocenters. The van der Waals surface area contributed by atoms with Crippen molar-refractivity contribution in [1.82, 2.24) is 14.8 Å². The summed E-state index contributed by atoms with van der Waals surface area (Å²) in [5.74, 6) is -0.726. The number of amides is 2. The fraction of sp³-hybridized carbons (Fsp3) is 0.410. The number of likely N-dealkylation sites (tertiary alicyclic amines) is 2. The number of hydrogen-bond donors (Lipinski definition) is 2. The number of halogens is 1. The molecule has 0 bridgehead atoms. The third-order valence-corrected chi connectivity index (χ3v) is 11.8. The van der Waals surface area contributed by atoms with Crippen molar-refractivity contribution in [3.05, 3.63) is 98.4 Å². The summed E-state index contributed by atoms with van der Waals surface area (Å²) in [4.78, 5) is 36.9. The average Bonchev–Trinajstić information content (AvgIpc) is 3.37. The highest BCUT2D eigenvalue weighted by atomic mass is 127. The van der Waals surface area contributed by atoms with Gasteiger partial charge in [0.1, 0.15) is 0 Å². The van der Waals surface area contributed by atoms with Crippen LogP contribution in [0.3, 0.4) is 0 Å². The van der Waals surface area contributed by atoms with Gasteiger partial charge < -0.3 is 19.5 Å². The zero-order valence-corrected chi connectivity index (χ0v) is 30.7. The Morgan fingerprint density at radius 1 is 1.08 bits per heavy atom. The summed E-state index contributed by atoms with van der Waals surface area (Å²) >= 11 is 2.09. The van der Waals surface area contributed by atoms with E-state index in [9.17, 15) is 19.7 Å². The number of imide groups is 1. The SMILES string of the molecule is COc1cc(/C=C(/CC[C@H]2OB(O)C[C@H]3C2=C(C)C[C@H]2C(=O)N(C4CCN(Cc5ccccc5)CC4)C(=O)[C@H]23)c2ccccn2)cc(I)c1O. The van der Waals surface area contributed by atoms with Crippen molar-refractivity contribution in [1.29, 1.82) is 0 Å². The molecule has 2 N–H and O–H groups in total. The molecule has 3 aromatic rings. The number of carbonyl (C=O) groups is 2. The van der Waals surface area contributed by atoms with Gasteiger partial charge in [-0.15, -0.1) is 0 Å². The molecule has 50 heavy (non-hydrogen) atoms. The largest absolute Gasteiger partial charge is 0.504 e. The van der Waals surface area contributed by atoms with Gasteiger partial charge in [-0.3, -0.25) is 24.4 Å². The molecule has 2 amide bonds. The Labute approximate surface area is 307 Å². The van der Waals surface area contributed by atoms with E-state index in [4.69, 9.17) is 9.39 Å². The Morgan fingerprint density at radius 3 is 2.56 bits per heavy atom. The second kappa shape index (κ2) is 15.0. The fourth-order valence-electron chi connectivity index (χ4n) is 8.63. The van der Waals surface area contributed by atoms with Gasteiger partial charge in [0.25, 0.3) is 0 Å². The van der Waals surface area contributed by atoms with Crippen molar-refractivity contribution < 1.29 is 29.1 Å². The average molecular weight is 788 g/mol. The second-order valence-electron chi connectivity index (χ2n) is 14.0. The molecule has 4 atom stereocenters. The summed E-state index contributed by atoms with van der Waals surface area (Å²) in [5.41, 5.74) is 6.08. The number of hydrogen-bond acceptors (Lipinski definition) is 8. The van der Waals surface area contributed by atoms with Gasteiger partial charge >= 0.3 is 7.12 Å². The van der Waals surface area contributed by atoms with Crippen LogP contribution in [0.1, 0.15) is 55.8 Å². The number of aromatic nitrogens is 1. The molecule has 260 valence electrons. The number of allylic oxidation sites excluding steroid dienone is 2. The van der Waals surface area contributed by atoms with E-state index in [0.29, 0.717) is 34.9 Å². The first kappa shape index (κ1) is 34.9. The summed E-state index contributed by atoms with van der Waals surface area (Å²) < 4.78 is 12.3. The lowest BCUT2D eigenvalue weighted by Gasteiger charge is -2.42. The Hall–Kier alpha value is -3.52. The molecule has 1 aliphatic carbocycles. The third kappa shape index (κ3) is 7.02. The number of phenolic OH excluding ortho intramolecular Hbond substituents is 1. The van der Waals surface area contributed by atoms with Gasteiger partial charge in [-0.25, -0.2) is 0 Å². The molecule has 9 nitrogen and oxygen atoms in total. The third-order valence-electron chi connectivity index (χ3n) is 10.9. The summed E-state index contributed by atoms with van der Waals surface area (Å²) in [7, 11) is 0.506. The first-order valence-electron chi connectivity index (χ1n) is 17.6. The van der Waals surface area contributed by atoms with Gasteiger partial charge in [0.05, 0.1) is 34.3 Å². The monoisotopic (exact) mass is 787 g/mol. The number of phenols is 1. The molecule has 3 fully saturated rings. The minimum absolute atomic E-state index is 0.0447. The molecule has 4 aliphatic rings. The van der Waals surface area contributed by atoms with E-state index in [2.05, 4.69) is 63.7 Å². The topological polar surface area (TPSA) is 112 Å². The molecule has 0 spiro atoms. The summed E-state index contributed by atoms with van der Waals surface area (Å²) in [6.07, 6.45) is 6.96. The number of rotatable bonds is 9. The van der Waals surface area contributed by atoms with Crippen LogP contribution < -0.4 is 4.74 Å². The molecule has 0 radical (unpaired) electrons. The zero-order chi connectivity index (χ0) is 34.9. The zero-order valence-electron chi connectivity index (χ0n) is 28.5. The Morgan fingerprint density at radius 2 is 1.84 bits per heavy atom. The van der Waals surface area contributed by atoms with E-state index in [1.165, 1.54) is 12.7 Å². The highest BCUT2D eigenvalue weighted by Crippen LogP contribution is 2.51. The smallest absolute Gasteiger partial charge is 0.455 e. The predicted molar refractivity (Wildman–Crippen MR) is 201 cm³/mol. The normalized spacial score (nSPS) is 24.8. The van der Waals surface area contributed by atoms with Crippen LogP contribution in [0.5, 0.6) is 11.5 Å². The number of fused-ring (bicyclic) bond motifs is 3. The summed E-state index contributed by atoms with van der Waals surface area (Å²) in [6.45, 7) is 4.62. The lowest BCUT2D eigenvalue weighted by atomic mass is 9.58. The standard InChI is InChI=1S/C39H43BIN3O6/c1-24-18-29-36(39(47)44(38(29)46)28-13-16-43(17-14-28)23-25-8-4-3-5-9-25)30-22-40(48)50-33(35(24)30)12-11-27(32-10-6-7-15-42-32)19-26-20-31(41)37(45)34(21-26)49-2/h3-10,15,19-21,28-30,33,36,45,48H,11-14,16-18,22-23H2,1-2H3/b27-19-/t29-,30+,33-,36-/m1/s1. The van der Waals surface area contributed by atoms with Crippen molar-refractivity contribution in [2.24, 2.45) is 17.8 Å². The van der Waals surface area contributed by atoms with E-state index < -0.39 is 19.1 Å². The number of carbonyl (C=O) groups excluding carboxylic acids is 2. The molecular formula is C39H43BIN3O6. The molecule has 3 saturated heterocycles. The Balaban J connectivity index is 1.09. The van der Waals surface area contributed by atoms with Crippen LogP contribution in [0, 0.1) is 21.3 Å². The van der Waals surface area contributed by atoms with E-state index in [-0.39, 0.29) is 35.4 Å². The fourth-order valence-corrected chi connectivity index (χ4v) is 9.25. The molecule has 7 rings (SSSR count). The van der Waals surface area contributed by atoms with Crippen LogP contribution in [-0.4, -0.2) is 76.2 Å². The molecule has 4 heterocycles. The number of piperidine rings is 1. The summed E-state index contributed by atoms with van der Waals surface area (Å²) in [6, 6.07) is 19.8.